The van der Waals surface area contributed by atoms with Crippen molar-refractivity contribution < 1.29 is 23.4 Å². The molecule has 1 unspecified atom stereocenters. The maximum Gasteiger partial charge on any atom is 0.337 e. The minimum absolute atomic E-state index is 0.175. The second-order valence-corrected chi connectivity index (χ2v) is 12.4. The molecule has 3 rings (SSSR count). The van der Waals surface area contributed by atoms with E-state index in [2.05, 4.69) is 28.7 Å². The molecular formula is C29H41F2N3O3. The van der Waals surface area contributed by atoms with Crippen molar-refractivity contribution in [2.75, 3.05) is 18.0 Å². The summed E-state index contributed by atoms with van der Waals surface area (Å²) in [4.78, 5) is 23.4. The average Bonchev–Trinajstić information content (AvgIpc) is 2.76. The van der Waals surface area contributed by atoms with Gasteiger partial charge in [-0.2, -0.15) is 8.78 Å². The number of rotatable bonds is 8. The molecule has 204 valence electrons. The van der Waals surface area contributed by atoms with Gasteiger partial charge in [-0.05, 0) is 57.9 Å². The van der Waals surface area contributed by atoms with Gasteiger partial charge in [0.1, 0.15) is 5.69 Å². The SMILES string of the molecule is Cc1ncc(-c2ccc(C(F)(F)CC(C)C)nc2)c(N2CCC(C)(C)CC2)c1C(OC(C)(C)C)C(=O)O. The lowest BCUT2D eigenvalue weighted by atomic mass is 9.82. The number of aliphatic carboxylic acids is 1. The van der Waals surface area contributed by atoms with Crippen molar-refractivity contribution >= 4 is 11.7 Å². The number of carbonyl (C=O) groups is 1. The average molecular weight is 518 g/mol. The van der Waals surface area contributed by atoms with Crippen molar-refractivity contribution in [1.29, 1.82) is 0 Å². The fraction of sp³-hybridized carbons (Fsp3) is 0.621. The smallest absolute Gasteiger partial charge is 0.337 e. The number of ether oxygens (including phenoxy) is 1. The fourth-order valence-electron chi connectivity index (χ4n) is 4.78. The molecule has 2 aromatic heterocycles. The number of aromatic nitrogens is 2. The van der Waals surface area contributed by atoms with Crippen LogP contribution in [0.25, 0.3) is 11.1 Å². The molecule has 0 amide bonds. The van der Waals surface area contributed by atoms with Gasteiger partial charge < -0.3 is 14.7 Å². The number of carboxylic acid groups (broad SMARTS) is 1. The van der Waals surface area contributed by atoms with Gasteiger partial charge in [-0.15, -0.1) is 0 Å². The van der Waals surface area contributed by atoms with Crippen LogP contribution in [0.3, 0.4) is 0 Å². The van der Waals surface area contributed by atoms with Crippen molar-refractivity contribution in [3.63, 3.8) is 0 Å². The third-order valence-electron chi connectivity index (χ3n) is 6.79. The van der Waals surface area contributed by atoms with Gasteiger partial charge in [0, 0.05) is 54.3 Å². The summed E-state index contributed by atoms with van der Waals surface area (Å²) < 4.78 is 35.4. The first kappa shape index (κ1) is 29.0. The van der Waals surface area contributed by atoms with E-state index in [4.69, 9.17) is 4.74 Å². The van der Waals surface area contributed by atoms with E-state index in [1.807, 2.05) is 20.8 Å². The number of anilines is 1. The molecule has 6 nitrogen and oxygen atoms in total. The van der Waals surface area contributed by atoms with Crippen LogP contribution in [-0.2, 0) is 15.5 Å². The lowest BCUT2D eigenvalue weighted by Crippen LogP contribution is -2.39. The first-order valence-electron chi connectivity index (χ1n) is 13.0. The van der Waals surface area contributed by atoms with Gasteiger partial charge in [0.05, 0.1) is 11.3 Å². The van der Waals surface area contributed by atoms with E-state index in [0.717, 1.165) is 31.6 Å². The third-order valence-corrected chi connectivity index (χ3v) is 6.79. The number of alkyl halides is 2. The van der Waals surface area contributed by atoms with Gasteiger partial charge >= 0.3 is 5.97 Å². The highest BCUT2D eigenvalue weighted by molar-refractivity contribution is 5.86. The molecule has 1 aliphatic rings. The Morgan fingerprint density at radius 1 is 1.14 bits per heavy atom. The van der Waals surface area contributed by atoms with E-state index < -0.39 is 23.6 Å². The molecule has 0 aromatic carbocycles. The summed E-state index contributed by atoms with van der Waals surface area (Å²) in [7, 11) is 0. The quantitative estimate of drug-likeness (QED) is 0.400. The largest absolute Gasteiger partial charge is 0.479 e. The first-order chi connectivity index (χ1) is 17.0. The van der Waals surface area contributed by atoms with E-state index in [1.54, 1.807) is 33.0 Å². The van der Waals surface area contributed by atoms with Gasteiger partial charge in [-0.25, -0.2) is 4.79 Å². The molecule has 0 saturated carbocycles. The predicted octanol–water partition coefficient (Wildman–Crippen LogP) is 7.16. The molecule has 1 N–H and O–H groups in total. The van der Waals surface area contributed by atoms with Gasteiger partial charge in [0.25, 0.3) is 5.92 Å². The molecule has 2 aromatic rings. The second-order valence-electron chi connectivity index (χ2n) is 12.4. The number of pyridine rings is 2. The van der Waals surface area contributed by atoms with Crippen LogP contribution in [0, 0.1) is 18.3 Å². The number of piperidine rings is 1. The van der Waals surface area contributed by atoms with Gasteiger partial charge in [-0.1, -0.05) is 33.8 Å². The molecular weight excluding hydrogens is 476 g/mol. The van der Waals surface area contributed by atoms with E-state index in [0.29, 0.717) is 22.4 Å². The first-order valence-corrected chi connectivity index (χ1v) is 13.0. The summed E-state index contributed by atoms with van der Waals surface area (Å²) in [5.41, 5.74) is 2.25. The Labute approximate surface area is 219 Å². The number of hydrogen-bond donors (Lipinski definition) is 1. The van der Waals surface area contributed by atoms with E-state index in [1.165, 1.54) is 12.3 Å². The molecule has 1 aliphatic heterocycles. The maximum absolute atomic E-state index is 14.7. The van der Waals surface area contributed by atoms with Crippen molar-refractivity contribution in [3.05, 3.63) is 41.5 Å². The third kappa shape index (κ3) is 7.03. The summed E-state index contributed by atoms with van der Waals surface area (Å²) in [6, 6.07) is 2.99. The van der Waals surface area contributed by atoms with Crippen molar-refractivity contribution in [3.8, 4) is 11.1 Å². The second kappa shape index (κ2) is 10.6. The molecule has 0 radical (unpaired) electrons. The summed E-state index contributed by atoms with van der Waals surface area (Å²) in [6.07, 6.45) is 3.48. The van der Waals surface area contributed by atoms with Crippen LogP contribution in [0.5, 0.6) is 0 Å². The Morgan fingerprint density at radius 3 is 2.24 bits per heavy atom. The topological polar surface area (TPSA) is 75.5 Å². The number of aryl methyl sites for hydroxylation is 1. The molecule has 3 heterocycles. The summed E-state index contributed by atoms with van der Waals surface area (Å²) in [5.74, 6) is -4.30. The molecule has 1 saturated heterocycles. The Bertz CT molecular complexity index is 1100. The molecule has 0 spiro atoms. The van der Waals surface area contributed by atoms with Crippen LogP contribution in [0.1, 0.15) is 90.8 Å². The summed E-state index contributed by atoms with van der Waals surface area (Å²) in [6.45, 7) is 16.7. The fourth-order valence-corrected chi connectivity index (χ4v) is 4.78. The number of nitrogens with zero attached hydrogens (tertiary/aromatic N) is 3. The highest BCUT2D eigenvalue weighted by atomic mass is 19.3. The maximum atomic E-state index is 14.7. The van der Waals surface area contributed by atoms with Gasteiger partial charge in [0.15, 0.2) is 6.10 Å². The summed E-state index contributed by atoms with van der Waals surface area (Å²) >= 11 is 0. The zero-order valence-electron chi connectivity index (χ0n) is 23.4. The van der Waals surface area contributed by atoms with Gasteiger partial charge in [-0.3, -0.25) is 9.97 Å². The molecule has 1 atom stereocenters. The lowest BCUT2D eigenvalue weighted by Gasteiger charge is -2.41. The van der Waals surface area contributed by atoms with Crippen LogP contribution in [0.2, 0.25) is 0 Å². The van der Waals surface area contributed by atoms with Crippen molar-refractivity contribution in [1.82, 2.24) is 9.97 Å². The number of halogens is 2. The lowest BCUT2D eigenvalue weighted by molar-refractivity contribution is -0.160. The zero-order chi connectivity index (χ0) is 27.8. The van der Waals surface area contributed by atoms with Crippen LogP contribution < -0.4 is 4.90 Å². The Morgan fingerprint density at radius 2 is 1.76 bits per heavy atom. The molecule has 8 heteroatoms. The minimum Gasteiger partial charge on any atom is -0.479 e. The van der Waals surface area contributed by atoms with Gasteiger partial charge in [0.2, 0.25) is 0 Å². The molecule has 1 fully saturated rings. The zero-order valence-corrected chi connectivity index (χ0v) is 23.4. The Hall–Kier alpha value is -2.61. The molecule has 0 aliphatic carbocycles. The number of hydrogen-bond acceptors (Lipinski definition) is 5. The standard InChI is InChI=1S/C29H41F2N3O3/c1-18(2)15-29(30,31)22-10-9-20(16-33-22)21-17-32-19(3)23(25(26(35)36)37-27(4,5)6)24(21)34-13-11-28(7,8)12-14-34/h9-10,16-18,25H,11-15H2,1-8H3,(H,35,36). The predicted molar refractivity (Wildman–Crippen MR) is 142 cm³/mol. The van der Waals surface area contributed by atoms with E-state index >= 15 is 0 Å². The molecule has 37 heavy (non-hydrogen) atoms. The normalized spacial score (nSPS) is 17.2. The Kier molecular flexibility index (Phi) is 8.32. The number of carboxylic acids is 1. The highest BCUT2D eigenvalue weighted by Gasteiger charge is 2.37. The van der Waals surface area contributed by atoms with Crippen LogP contribution in [-0.4, -0.2) is 39.7 Å². The van der Waals surface area contributed by atoms with Crippen LogP contribution in [0.15, 0.2) is 24.5 Å². The van der Waals surface area contributed by atoms with E-state index in [9.17, 15) is 18.7 Å². The summed E-state index contributed by atoms with van der Waals surface area (Å²) in [5, 5.41) is 10.2. The minimum atomic E-state index is -3.03. The van der Waals surface area contributed by atoms with E-state index in [-0.39, 0.29) is 23.4 Å². The van der Waals surface area contributed by atoms with Crippen LogP contribution >= 0.6 is 0 Å². The molecule has 0 bridgehead atoms. The van der Waals surface area contributed by atoms with Crippen molar-refractivity contribution in [2.24, 2.45) is 11.3 Å². The highest BCUT2D eigenvalue weighted by Crippen LogP contribution is 2.43. The monoisotopic (exact) mass is 517 g/mol. The van der Waals surface area contributed by atoms with Crippen molar-refractivity contribution in [2.45, 2.75) is 92.3 Å². The van der Waals surface area contributed by atoms with Crippen LogP contribution in [0.4, 0.5) is 14.5 Å². The Balaban J connectivity index is 2.18.